The lowest BCUT2D eigenvalue weighted by atomic mass is 10.2. The topological polar surface area (TPSA) is 47.0 Å². The maximum absolute atomic E-state index is 13.6. The van der Waals surface area contributed by atoms with Gasteiger partial charge < -0.3 is 10.1 Å². The highest BCUT2D eigenvalue weighted by Gasteiger charge is 2.08. The minimum Gasteiger partial charge on any atom is -0.494 e. The molecule has 1 N–H and O–H groups in total. The van der Waals surface area contributed by atoms with Gasteiger partial charge in [0, 0.05) is 12.6 Å². The van der Waals surface area contributed by atoms with E-state index in [9.17, 15) is 4.39 Å². The zero-order valence-corrected chi connectivity index (χ0v) is 10.5. The minimum absolute atomic E-state index is 0.210. The van der Waals surface area contributed by atoms with Crippen molar-refractivity contribution in [3.63, 3.8) is 0 Å². The average Bonchev–Trinajstić information content (AvgIpc) is 2.38. The number of rotatable bonds is 3. The van der Waals surface area contributed by atoms with Gasteiger partial charge in [-0.05, 0) is 25.1 Å². The van der Waals surface area contributed by atoms with E-state index in [1.54, 1.807) is 25.4 Å². The minimum atomic E-state index is -0.422. The van der Waals surface area contributed by atoms with E-state index in [0.717, 1.165) is 11.4 Å². The zero-order chi connectivity index (χ0) is 13.1. The molecular weight excluding hydrogens is 233 g/mol. The Hall–Kier alpha value is -2.17. The van der Waals surface area contributed by atoms with Crippen LogP contribution in [0, 0.1) is 12.7 Å². The first kappa shape index (κ1) is 12.3. The number of ether oxygens (including phenoxy) is 1. The van der Waals surface area contributed by atoms with Crippen molar-refractivity contribution in [2.45, 2.75) is 6.92 Å². The summed E-state index contributed by atoms with van der Waals surface area (Å²) in [4.78, 5) is 8.53. The first-order valence-electron chi connectivity index (χ1n) is 5.51. The zero-order valence-electron chi connectivity index (χ0n) is 10.5. The van der Waals surface area contributed by atoms with Gasteiger partial charge in [0.15, 0.2) is 17.4 Å². The first-order valence-corrected chi connectivity index (χ1v) is 5.51. The molecule has 1 heterocycles. The first-order chi connectivity index (χ1) is 8.65. The Kier molecular flexibility index (Phi) is 3.41. The standard InChI is InChI=1S/C13H14FN3O/c1-8-11(15-2)7-16-13(17-8)9-4-5-12(18-3)10(14)6-9/h4-7,15H,1-3H3. The number of anilines is 1. The van der Waals surface area contributed by atoms with Crippen LogP contribution >= 0.6 is 0 Å². The third kappa shape index (κ3) is 2.25. The van der Waals surface area contributed by atoms with E-state index in [0.29, 0.717) is 11.4 Å². The third-order valence-corrected chi connectivity index (χ3v) is 2.66. The lowest BCUT2D eigenvalue weighted by molar-refractivity contribution is 0.386. The highest BCUT2D eigenvalue weighted by atomic mass is 19.1. The van der Waals surface area contributed by atoms with E-state index >= 15 is 0 Å². The number of hydrogen-bond acceptors (Lipinski definition) is 4. The van der Waals surface area contributed by atoms with Gasteiger partial charge in [-0.3, -0.25) is 0 Å². The van der Waals surface area contributed by atoms with Crippen molar-refractivity contribution in [1.29, 1.82) is 0 Å². The Morgan fingerprint density at radius 3 is 2.67 bits per heavy atom. The summed E-state index contributed by atoms with van der Waals surface area (Å²) in [6.07, 6.45) is 1.68. The fraction of sp³-hybridized carbons (Fsp3) is 0.231. The van der Waals surface area contributed by atoms with E-state index in [4.69, 9.17) is 4.74 Å². The molecule has 0 saturated carbocycles. The molecule has 0 spiro atoms. The van der Waals surface area contributed by atoms with Crippen LogP contribution in [0.15, 0.2) is 24.4 Å². The Morgan fingerprint density at radius 2 is 2.11 bits per heavy atom. The number of halogens is 1. The van der Waals surface area contributed by atoms with Crippen LogP contribution in [0.3, 0.4) is 0 Å². The number of nitrogens with zero attached hydrogens (tertiary/aromatic N) is 2. The molecule has 0 bridgehead atoms. The molecule has 0 radical (unpaired) electrons. The van der Waals surface area contributed by atoms with Gasteiger partial charge in [-0.25, -0.2) is 14.4 Å². The molecule has 18 heavy (non-hydrogen) atoms. The highest BCUT2D eigenvalue weighted by molar-refractivity contribution is 5.59. The molecule has 1 aromatic carbocycles. The molecular formula is C13H14FN3O. The number of benzene rings is 1. The van der Waals surface area contributed by atoms with Crippen molar-refractivity contribution < 1.29 is 9.13 Å². The molecule has 1 aromatic heterocycles. The smallest absolute Gasteiger partial charge is 0.165 e. The molecule has 2 aromatic rings. The summed E-state index contributed by atoms with van der Waals surface area (Å²) in [5, 5.41) is 2.98. The molecule has 0 aliphatic carbocycles. The summed E-state index contributed by atoms with van der Waals surface area (Å²) < 4.78 is 18.5. The van der Waals surface area contributed by atoms with E-state index in [2.05, 4.69) is 15.3 Å². The summed E-state index contributed by atoms with van der Waals surface area (Å²) >= 11 is 0. The van der Waals surface area contributed by atoms with Gasteiger partial charge in [-0.1, -0.05) is 0 Å². The lowest BCUT2D eigenvalue weighted by Gasteiger charge is -2.07. The Balaban J connectivity index is 2.42. The van der Waals surface area contributed by atoms with Gasteiger partial charge in [0.05, 0.1) is 24.7 Å². The van der Waals surface area contributed by atoms with E-state index in [1.165, 1.54) is 13.2 Å². The van der Waals surface area contributed by atoms with Crippen LogP contribution in [-0.4, -0.2) is 24.1 Å². The second-order valence-electron chi connectivity index (χ2n) is 3.79. The molecule has 0 aliphatic heterocycles. The van der Waals surface area contributed by atoms with Crippen molar-refractivity contribution >= 4 is 5.69 Å². The Morgan fingerprint density at radius 1 is 1.33 bits per heavy atom. The number of aryl methyl sites for hydroxylation is 1. The van der Waals surface area contributed by atoms with Crippen LogP contribution < -0.4 is 10.1 Å². The Labute approximate surface area is 105 Å². The number of aromatic nitrogens is 2. The van der Waals surface area contributed by atoms with Gasteiger partial charge in [0.2, 0.25) is 0 Å². The molecule has 94 valence electrons. The van der Waals surface area contributed by atoms with E-state index in [1.807, 2.05) is 6.92 Å². The molecule has 0 aliphatic rings. The van der Waals surface area contributed by atoms with Crippen molar-refractivity contribution in [1.82, 2.24) is 9.97 Å². The number of methoxy groups -OCH3 is 1. The molecule has 0 atom stereocenters. The van der Waals surface area contributed by atoms with Crippen molar-refractivity contribution in [2.75, 3.05) is 19.5 Å². The second kappa shape index (κ2) is 5.00. The predicted octanol–water partition coefficient (Wildman–Crippen LogP) is 2.64. The summed E-state index contributed by atoms with van der Waals surface area (Å²) in [6.45, 7) is 1.87. The van der Waals surface area contributed by atoms with Crippen molar-refractivity contribution in [3.05, 3.63) is 35.9 Å². The predicted molar refractivity (Wildman–Crippen MR) is 68.3 cm³/mol. The summed E-state index contributed by atoms with van der Waals surface area (Å²) in [7, 11) is 3.23. The Bertz CT molecular complexity index is 521. The fourth-order valence-electron chi connectivity index (χ4n) is 1.66. The van der Waals surface area contributed by atoms with Crippen LogP contribution in [0.1, 0.15) is 5.69 Å². The fourth-order valence-corrected chi connectivity index (χ4v) is 1.66. The normalized spacial score (nSPS) is 10.2. The van der Waals surface area contributed by atoms with Gasteiger partial charge >= 0.3 is 0 Å². The molecule has 5 heteroatoms. The van der Waals surface area contributed by atoms with Crippen molar-refractivity contribution in [3.8, 4) is 17.1 Å². The van der Waals surface area contributed by atoms with Gasteiger partial charge in [-0.2, -0.15) is 0 Å². The number of nitrogens with one attached hydrogen (secondary N) is 1. The second-order valence-corrected chi connectivity index (χ2v) is 3.79. The molecule has 0 unspecified atom stereocenters. The summed E-state index contributed by atoms with van der Waals surface area (Å²) in [6, 6.07) is 4.66. The molecule has 2 rings (SSSR count). The van der Waals surface area contributed by atoms with Gasteiger partial charge in [-0.15, -0.1) is 0 Å². The van der Waals surface area contributed by atoms with Crippen LogP contribution in [-0.2, 0) is 0 Å². The maximum atomic E-state index is 13.6. The largest absolute Gasteiger partial charge is 0.494 e. The highest BCUT2D eigenvalue weighted by Crippen LogP contribution is 2.24. The maximum Gasteiger partial charge on any atom is 0.165 e. The van der Waals surface area contributed by atoms with Crippen LogP contribution in [0.2, 0.25) is 0 Å². The summed E-state index contributed by atoms with van der Waals surface area (Å²) in [5.74, 6) is 0.282. The molecule has 0 amide bonds. The van der Waals surface area contributed by atoms with Gasteiger partial charge in [0.1, 0.15) is 0 Å². The lowest BCUT2D eigenvalue weighted by Crippen LogP contribution is -1.99. The van der Waals surface area contributed by atoms with Gasteiger partial charge in [0.25, 0.3) is 0 Å². The number of hydrogen-bond donors (Lipinski definition) is 1. The quantitative estimate of drug-likeness (QED) is 0.905. The third-order valence-electron chi connectivity index (χ3n) is 2.66. The van der Waals surface area contributed by atoms with Crippen molar-refractivity contribution in [2.24, 2.45) is 0 Å². The average molecular weight is 247 g/mol. The van der Waals surface area contributed by atoms with E-state index < -0.39 is 5.82 Å². The molecule has 0 fully saturated rings. The van der Waals surface area contributed by atoms with Crippen LogP contribution in [0.25, 0.3) is 11.4 Å². The monoisotopic (exact) mass is 247 g/mol. The van der Waals surface area contributed by atoms with Crippen LogP contribution in [0.5, 0.6) is 5.75 Å². The SMILES string of the molecule is CNc1cnc(-c2ccc(OC)c(F)c2)nc1C. The molecule has 0 saturated heterocycles. The van der Waals surface area contributed by atoms with E-state index in [-0.39, 0.29) is 5.75 Å². The van der Waals surface area contributed by atoms with Crippen LogP contribution in [0.4, 0.5) is 10.1 Å². The molecule has 4 nitrogen and oxygen atoms in total. The summed E-state index contributed by atoms with van der Waals surface area (Å²) in [5.41, 5.74) is 2.30.